The van der Waals surface area contributed by atoms with Gasteiger partial charge in [0.1, 0.15) is 0 Å². The highest BCUT2D eigenvalue weighted by atomic mass is 35.5. The van der Waals surface area contributed by atoms with Crippen LogP contribution in [0.3, 0.4) is 0 Å². The Morgan fingerprint density at radius 1 is 1.05 bits per heavy atom. The first-order valence-corrected chi connectivity index (χ1v) is 6.50. The Bertz CT molecular complexity index is 583. The molecule has 0 amide bonds. The third-order valence-corrected chi connectivity index (χ3v) is 3.76. The third kappa shape index (κ3) is 2.76. The van der Waals surface area contributed by atoms with Crippen LogP contribution in [-0.2, 0) is 0 Å². The minimum Gasteiger partial charge on any atom is -0.397 e. The lowest BCUT2D eigenvalue weighted by Crippen LogP contribution is -2.22. The number of halogens is 1. The highest BCUT2D eigenvalue weighted by Gasteiger charge is 2.15. The van der Waals surface area contributed by atoms with Gasteiger partial charge in [-0.3, -0.25) is 0 Å². The predicted molar refractivity (Wildman–Crippen MR) is 83.5 cm³/mol. The first-order valence-electron chi connectivity index (χ1n) is 6.13. The van der Waals surface area contributed by atoms with Crippen molar-refractivity contribution in [3.05, 3.63) is 53.1 Å². The van der Waals surface area contributed by atoms with E-state index in [-0.39, 0.29) is 6.04 Å². The number of anilines is 3. The molecule has 0 saturated heterocycles. The maximum atomic E-state index is 6.24. The highest BCUT2D eigenvalue weighted by Crippen LogP contribution is 2.31. The standard InChI is InChI=1S/C15H18ClN3/c1-10(12-5-3-4-6-13(12)16)19(2)11-7-8-14(17)15(18)9-11/h3-10H,17-18H2,1-2H3. The summed E-state index contributed by atoms with van der Waals surface area (Å²) >= 11 is 6.24. The first-order chi connectivity index (χ1) is 9.00. The van der Waals surface area contributed by atoms with Crippen LogP contribution in [0.25, 0.3) is 0 Å². The lowest BCUT2D eigenvalue weighted by atomic mass is 10.1. The maximum absolute atomic E-state index is 6.24. The van der Waals surface area contributed by atoms with Crippen molar-refractivity contribution in [3.63, 3.8) is 0 Å². The van der Waals surface area contributed by atoms with Gasteiger partial charge in [0.25, 0.3) is 0 Å². The molecule has 2 aromatic carbocycles. The molecule has 100 valence electrons. The van der Waals surface area contributed by atoms with Crippen molar-refractivity contribution in [2.45, 2.75) is 13.0 Å². The van der Waals surface area contributed by atoms with E-state index in [0.717, 1.165) is 16.3 Å². The quantitative estimate of drug-likeness (QED) is 0.840. The van der Waals surface area contributed by atoms with Crippen molar-refractivity contribution in [1.82, 2.24) is 0 Å². The average Bonchev–Trinajstić information content (AvgIpc) is 2.41. The van der Waals surface area contributed by atoms with Gasteiger partial charge in [-0.15, -0.1) is 0 Å². The number of benzene rings is 2. The Hall–Kier alpha value is -1.87. The van der Waals surface area contributed by atoms with Crippen molar-refractivity contribution < 1.29 is 0 Å². The van der Waals surface area contributed by atoms with E-state index in [1.165, 1.54) is 0 Å². The molecule has 0 aliphatic carbocycles. The van der Waals surface area contributed by atoms with Gasteiger partial charge in [0, 0.05) is 17.8 Å². The van der Waals surface area contributed by atoms with Crippen LogP contribution in [-0.4, -0.2) is 7.05 Å². The Labute approximate surface area is 118 Å². The van der Waals surface area contributed by atoms with E-state index in [1.54, 1.807) is 0 Å². The largest absolute Gasteiger partial charge is 0.397 e. The summed E-state index contributed by atoms with van der Waals surface area (Å²) in [6.45, 7) is 2.10. The summed E-state index contributed by atoms with van der Waals surface area (Å²) < 4.78 is 0. The van der Waals surface area contributed by atoms with Crippen LogP contribution in [0.4, 0.5) is 17.1 Å². The topological polar surface area (TPSA) is 55.3 Å². The van der Waals surface area contributed by atoms with Gasteiger partial charge in [0.15, 0.2) is 0 Å². The molecule has 0 aliphatic rings. The zero-order valence-electron chi connectivity index (χ0n) is 11.1. The summed E-state index contributed by atoms with van der Waals surface area (Å²) in [7, 11) is 2.01. The smallest absolute Gasteiger partial charge is 0.0568 e. The van der Waals surface area contributed by atoms with Crippen LogP contribution >= 0.6 is 11.6 Å². The van der Waals surface area contributed by atoms with Crippen LogP contribution in [0.2, 0.25) is 5.02 Å². The SMILES string of the molecule is CC(c1ccccc1Cl)N(C)c1ccc(N)c(N)c1. The molecule has 4 N–H and O–H groups in total. The van der Waals surface area contributed by atoms with E-state index in [1.807, 2.05) is 49.5 Å². The van der Waals surface area contributed by atoms with Crippen molar-refractivity contribution in [2.75, 3.05) is 23.4 Å². The van der Waals surface area contributed by atoms with Crippen LogP contribution in [0.5, 0.6) is 0 Å². The number of nitrogen functional groups attached to an aromatic ring is 2. The van der Waals surface area contributed by atoms with Crippen molar-refractivity contribution in [3.8, 4) is 0 Å². The molecule has 0 spiro atoms. The van der Waals surface area contributed by atoms with Gasteiger partial charge in [-0.05, 0) is 36.8 Å². The number of hydrogen-bond donors (Lipinski definition) is 2. The molecule has 1 atom stereocenters. The predicted octanol–water partition coefficient (Wildman–Crippen LogP) is 3.70. The van der Waals surface area contributed by atoms with Gasteiger partial charge in [-0.2, -0.15) is 0 Å². The van der Waals surface area contributed by atoms with E-state index in [9.17, 15) is 0 Å². The summed E-state index contributed by atoms with van der Waals surface area (Å²) in [5, 5.41) is 0.769. The van der Waals surface area contributed by atoms with Crippen LogP contribution in [0.15, 0.2) is 42.5 Å². The molecule has 2 aromatic rings. The first kappa shape index (κ1) is 13.6. The number of nitrogens with zero attached hydrogens (tertiary/aromatic N) is 1. The molecular weight excluding hydrogens is 258 g/mol. The minimum absolute atomic E-state index is 0.150. The molecule has 1 unspecified atom stereocenters. The maximum Gasteiger partial charge on any atom is 0.0568 e. The van der Waals surface area contributed by atoms with Gasteiger partial charge in [-0.25, -0.2) is 0 Å². The van der Waals surface area contributed by atoms with E-state index < -0.39 is 0 Å². The lowest BCUT2D eigenvalue weighted by Gasteiger charge is -2.28. The highest BCUT2D eigenvalue weighted by molar-refractivity contribution is 6.31. The molecule has 0 saturated carbocycles. The second kappa shape index (κ2) is 5.41. The molecule has 0 radical (unpaired) electrons. The molecule has 3 nitrogen and oxygen atoms in total. The fourth-order valence-electron chi connectivity index (χ4n) is 2.03. The van der Waals surface area contributed by atoms with Gasteiger partial charge < -0.3 is 16.4 Å². The van der Waals surface area contributed by atoms with Gasteiger partial charge in [0.2, 0.25) is 0 Å². The van der Waals surface area contributed by atoms with Crippen molar-refractivity contribution >= 4 is 28.7 Å². The van der Waals surface area contributed by atoms with Crippen LogP contribution in [0, 0.1) is 0 Å². The van der Waals surface area contributed by atoms with Gasteiger partial charge in [-0.1, -0.05) is 29.8 Å². The molecular formula is C15H18ClN3. The molecule has 2 rings (SSSR count). The van der Waals surface area contributed by atoms with Crippen molar-refractivity contribution in [1.29, 1.82) is 0 Å². The molecule has 0 heterocycles. The van der Waals surface area contributed by atoms with E-state index in [2.05, 4.69) is 11.8 Å². The summed E-state index contributed by atoms with van der Waals surface area (Å²) in [5.41, 5.74) is 14.9. The molecule has 0 bridgehead atoms. The Balaban J connectivity index is 2.31. The summed E-state index contributed by atoms with van der Waals surface area (Å²) in [5.74, 6) is 0. The van der Waals surface area contributed by atoms with Gasteiger partial charge in [0.05, 0.1) is 17.4 Å². The normalized spacial score (nSPS) is 12.2. The lowest BCUT2D eigenvalue weighted by molar-refractivity contribution is 0.740. The second-order valence-corrected chi connectivity index (χ2v) is 5.03. The fourth-order valence-corrected chi connectivity index (χ4v) is 2.32. The van der Waals surface area contributed by atoms with Crippen LogP contribution in [0.1, 0.15) is 18.5 Å². The van der Waals surface area contributed by atoms with Crippen molar-refractivity contribution in [2.24, 2.45) is 0 Å². The Kier molecular flexibility index (Phi) is 3.86. The monoisotopic (exact) mass is 275 g/mol. The zero-order chi connectivity index (χ0) is 14.0. The summed E-state index contributed by atoms with van der Waals surface area (Å²) in [6.07, 6.45) is 0. The molecule has 0 fully saturated rings. The van der Waals surface area contributed by atoms with E-state index in [0.29, 0.717) is 11.4 Å². The van der Waals surface area contributed by atoms with E-state index in [4.69, 9.17) is 23.1 Å². The van der Waals surface area contributed by atoms with E-state index >= 15 is 0 Å². The Morgan fingerprint density at radius 3 is 2.37 bits per heavy atom. The minimum atomic E-state index is 0.150. The fraction of sp³-hybridized carbons (Fsp3) is 0.200. The number of rotatable bonds is 3. The Morgan fingerprint density at radius 2 is 1.74 bits per heavy atom. The van der Waals surface area contributed by atoms with Gasteiger partial charge >= 0.3 is 0 Å². The molecule has 0 aromatic heterocycles. The molecule has 19 heavy (non-hydrogen) atoms. The van der Waals surface area contributed by atoms with Crippen LogP contribution < -0.4 is 16.4 Å². The average molecular weight is 276 g/mol. The summed E-state index contributed by atoms with van der Waals surface area (Å²) in [4.78, 5) is 2.12. The molecule has 4 heteroatoms. The molecule has 0 aliphatic heterocycles. The second-order valence-electron chi connectivity index (χ2n) is 4.62. The summed E-state index contributed by atoms with van der Waals surface area (Å²) in [6, 6.07) is 13.7. The number of nitrogens with two attached hydrogens (primary N) is 2. The third-order valence-electron chi connectivity index (χ3n) is 3.41. The number of hydrogen-bond acceptors (Lipinski definition) is 3. The zero-order valence-corrected chi connectivity index (χ0v) is 11.9.